The van der Waals surface area contributed by atoms with E-state index in [-0.39, 0.29) is 18.4 Å². The quantitative estimate of drug-likeness (QED) is 0.790. The van der Waals surface area contributed by atoms with Crippen LogP contribution in [0.1, 0.15) is 43.7 Å². The highest BCUT2D eigenvalue weighted by molar-refractivity contribution is 6.09. The van der Waals surface area contributed by atoms with Crippen LogP contribution < -0.4 is 10.6 Å². The Bertz CT molecular complexity index is 872. The maximum Gasteiger partial charge on any atom is 0.325 e. The molecule has 140 valence electrons. The van der Waals surface area contributed by atoms with Crippen LogP contribution in [0.5, 0.6) is 0 Å². The van der Waals surface area contributed by atoms with E-state index in [2.05, 4.69) is 16.7 Å². The summed E-state index contributed by atoms with van der Waals surface area (Å²) in [5, 5.41) is 14.9. The lowest BCUT2D eigenvalue weighted by Gasteiger charge is -2.33. The molecule has 3 aliphatic rings. The summed E-state index contributed by atoms with van der Waals surface area (Å²) in [7, 11) is 0. The lowest BCUT2D eigenvalue weighted by molar-refractivity contribution is -0.136. The topological polar surface area (TPSA) is 102 Å². The van der Waals surface area contributed by atoms with Crippen molar-refractivity contribution in [2.24, 2.45) is 5.92 Å². The molecule has 2 aliphatic carbocycles. The van der Waals surface area contributed by atoms with E-state index in [0.717, 1.165) is 41.7 Å². The summed E-state index contributed by atoms with van der Waals surface area (Å²) in [6, 6.07) is 9.21. The Kier molecular flexibility index (Phi) is 3.95. The van der Waals surface area contributed by atoms with E-state index in [0.29, 0.717) is 6.42 Å². The number of fused-ring (bicyclic) bond motifs is 2. The summed E-state index contributed by atoms with van der Waals surface area (Å²) in [6.45, 7) is 1.31. The normalized spacial score (nSPS) is 26.1. The van der Waals surface area contributed by atoms with E-state index in [1.165, 1.54) is 0 Å². The number of nitriles is 1. The van der Waals surface area contributed by atoms with Crippen molar-refractivity contribution in [2.75, 3.05) is 6.54 Å². The molecule has 1 saturated carbocycles. The molecule has 1 aromatic carbocycles. The van der Waals surface area contributed by atoms with Gasteiger partial charge in [0.15, 0.2) is 0 Å². The molecule has 1 aromatic rings. The van der Waals surface area contributed by atoms with E-state index in [4.69, 9.17) is 0 Å². The first-order valence-electron chi connectivity index (χ1n) is 9.34. The molecule has 2 N–H and O–H groups in total. The van der Waals surface area contributed by atoms with Gasteiger partial charge in [-0.15, -0.1) is 0 Å². The standard InChI is InChI=1S/C20H22N4O3/c1-19(12-21,14-8-9-14)22-16(25)11-24-17(26)20(23-18(24)27)10-4-6-13-5-2-3-7-15(13)20/h2-3,5,7,14H,4,6,8-11H2,1H3,(H,22,25)(H,23,27)/t19-,20-/m1/s1. The molecule has 1 aliphatic heterocycles. The SMILES string of the molecule is C[C@](C#N)(NC(=O)CN1C(=O)N[C@@]2(CCCc3ccccc32)C1=O)C1CC1. The fraction of sp³-hybridized carbons (Fsp3) is 0.500. The lowest BCUT2D eigenvalue weighted by atomic mass is 9.76. The van der Waals surface area contributed by atoms with E-state index in [9.17, 15) is 19.6 Å². The lowest BCUT2D eigenvalue weighted by Crippen LogP contribution is -2.51. The van der Waals surface area contributed by atoms with E-state index >= 15 is 0 Å². The summed E-state index contributed by atoms with van der Waals surface area (Å²) in [5.41, 5.74) is -0.168. The van der Waals surface area contributed by atoms with Gasteiger partial charge in [0.2, 0.25) is 5.91 Å². The molecule has 0 bridgehead atoms. The number of carbonyl (C=O) groups excluding carboxylic acids is 3. The van der Waals surface area contributed by atoms with E-state index < -0.39 is 23.0 Å². The fourth-order valence-corrected chi connectivity index (χ4v) is 4.31. The Labute approximate surface area is 157 Å². The van der Waals surface area contributed by atoms with Crippen LogP contribution in [0.3, 0.4) is 0 Å². The van der Waals surface area contributed by atoms with Gasteiger partial charge in [-0.3, -0.25) is 14.5 Å². The molecule has 4 rings (SSSR count). The second-order valence-electron chi connectivity index (χ2n) is 7.87. The Morgan fingerprint density at radius 3 is 2.85 bits per heavy atom. The monoisotopic (exact) mass is 366 g/mol. The third-order valence-electron chi connectivity index (χ3n) is 5.98. The van der Waals surface area contributed by atoms with Gasteiger partial charge >= 0.3 is 6.03 Å². The Morgan fingerprint density at radius 1 is 1.41 bits per heavy atom. The minimum Gasteiger partial charge on any atom is -0.336 e. The third-order valence-corrected chi connectivity index (χ3v) is 5.98. The van der Waals surface area contributed by atoms with Crippen molar-refractivity contribution in [3.63, 3.8) is 0 Å². The average Bonchev–Trinajstić information content (AvgIpc) is 3.48. The molecular formula is C20H22N4O3. The second kappa shape index (κ2) is 6.08. The molecule has 4 amide bonds. The highest BCUT2D eigenvalue weighted by Crippen LogP contribution is 2.40. The zero-order valence-electron chi connectivity index (χ0n) is 15.2. The maximum absolute atomic E-state index is 13.2. The molecule has 0 aromatic heterocycles. The smallest absolute Gasteiger partial charge is 0.325 e. The zero-order valence-corrected chi connectivity index (χ0v) is 15.2. The van der Waals surface area contributed by atoms with Crippen molar-refractivity contribution in [3.05, 3.63) is 35.4 Å². The Hall–Kier alpha value is -2.88. The number of aryl methyl sites for hydroxylation is 1. The summed E-state index contributed by atoms with van der Waals surface area (Å²) >= 11 is 0. The number of nitrogens with zero attached hydrogens (tertiary/aromatic N) is 2. The minimum absolute atomic E-state index is 0.131. The molecule has 1 spiro atoms. The summed E-state index contributed by atoms with van der Waals surface area (Å²) in [5.74, 6) is -0.749. The summed E-state index contributed by atoms with van der Waals surface area (Å²) in [4.78, 5) is 39.2. The van der Waals surface area contributed by atoms with Crippen molar-refractivity contribution in [2.45, 2.75) is 50.1 Å². The van der Waals surface area contributed by atoms with Crippen LogP contribution >= 0.6 is 0 Å². The highest BCUT2D eigenvalue weighted by atomic mass is 16.2. The van der Waals surface area contributed by atoms with Crippen LogP contribution in [0, 0.1) is 17.2 Å². The number of carbonyl (C=O) groups is 3. The Balaban J connectivity index is 1.54. The predicted molar refractivity (Wildman–Crippen MR) is 96.2 cm³/mol. The predicted octanol–water partition coefficient (Wildman–Crippen LogP) is 1.58. The van der Waals surface area contributed by atoms with E-state index in [1.54, 1.807) is 6.92 Å². The number of benzene rings is 1. The maximum atomic E-state index is 13.2. The van der Waals surface area contributed by atoms with Gasteiger partial charge in [0.25, 0.3) is 5.91 Å². The molecule has 1 heterocycles. The van der Waals surface area contributed by atoms with Gasteiger partial charge in [-0.1, -0.05) is 24.3 Å². The van der Waals surface area contributed by atoms with Gasteiger partial charge in [0, 0.05) is 0 Å². The van der Waals surface area contributed by atoms with Crippen LogP contribution in [0.25, 0.3) is 0 Å². The molecule has 2 fully saturated rings. The Morgan fingerprint density at radius 2 is 2.15 bits per heavy atom. The molecule has 7 nitrogen and oxygen atoms in total. The van der Waals surface area contributed by atoms with Crippen LogP contribution in [0.15, 0.2) is 24.3 Å². The summed E-state index contributed by atoms with van der Waals surface area (Å²) in [6.07, 6.45) is 3.96. The first-order valence-corrected chi connectivity index (χ1v) is 9.34. The van der Waals surface area contributed by atoms with Gasteiger partial charge in [-0.05, 0) is 56.1 Å². The molecule has 27 heavy (non-hydrogen) atoms. The molecular weight excluding hydrogens is 344 g/mol. The van der Waals surface area contributed by atoms with Crippen molar-refractivity contribution < 1.29 is 14.4 Å². The number of amides is 4. The molecule has 0 unspecified atom stereocenters. The van der Waals surface area contributed by atoms with Gasteiger partial charge in [-0.2, -0.15) is 5.26 Å². The van der Waals surface area contributed by atoms with Crippen molar-refractivity contribution in [1.29, 1.82) is 5.26 Å². The average molecular weight is 366 g/mol. The number of imide groups is 1. The number of hydrogen-bond acceptors (Lipinski definition) is 4. The highest BCUT2D eigenvalue weighted by Gasteiger charge is 2.54. The van der Waals surface area contributed by atoms with E-state index in [1.807, 2.05) is 24.3 Å². The van der Waals surface area contributed by atoms with Gasteiger partial charge in [0.1, 0.15) is 17.6 Å². The van der Waals surface area contributed by atoms with Gasteiger partial charge < -0.3 is 10.6 Å². The number of nitrogens with one attached hydrogen (secondary N) is 2. The summed E-state index contributed by atoms with van der Waals surface area (Å²) < 4.78 is 0. The number of rotatable bonds is 4. The van der Waals surface area contributed by atoms with Crippen LogP contribution in [-0.2, 0) is 21.5 Å². The third kappa shape index (κ3) is 2.76. The fourth-order valence-electron chi connectivity index (χ4n) is 4.31. The first-order chi connectivity index (χ1) is 12.9. The molecule has 7 heteroatoms. The molecule has 1 saturated heterocycles. The zero-order chi connectivity index (χ0) is 19.2. The van der Waals surface area contributed by atoms with Crippen molar-refractivity contribution >= 4 is 17.8 Å². The molecule has 2 atom stereocenters. The van der Waals surface area contributed by atoms with Crippen LogP contribution in [0.4, 0.5) is 4.79 Å². The van der Waals surface area contributed by atoms with Crippen molar-refractivity contribution in [3.8, 4) is 6.07 Å². The minimum atomic E-state index is -1.08. The number of urea groups is 1. The largest absolute Gasteiger partial charge is 0.336 e. The van der Waals surface area contributed by atoms with Crippen LogP contribution in [0.2, 0.25) is 0 Å². The van der Waals surface area contributed by atoms with Gasteiger partial charge in [0.05, 0.1) is 6.07 Å². The first kappa shape index (κ1) is 17.5. The number of hydrogen-bond donors (Lipinski definition) is 2. The van der Waals surface area contributed by atoms with Gasteiger partial charge in [-0.25, -0.2) is 4.79 Å². The van der Waals surface area contributed by atoms with Crippen molar-refractivity contribution in [1.82, 2.24) is 15.5 Å². The molecule has 0 radical (unpaired) electrons. The second-order valence-corrected chi connectivity index (χ2v) is 7.87. The van der Waals surface area contributed by atoms with Crippen LogP contribution in [-0.4, -0.2) is 34.8 Å².